The lowest BCUT2D eigenvalue weighted by atomic mass is 9.80. The second kappa shape index (κ2) is 8.09. The largest absolute Gasteiger partial charge is 0.494 e. The Hall–Kier alpha value is -1.71. The van der Waals surface area contributed by atoms with Crippen LogP contribution in [0.4, 0.5) is 0 Å². The van der Waals surface area contributed by atoms with E-state index in [1.54, 1.807) is 18.2 Å². The quantitative estimate of drug-likeness (QED) is 0.541. The van der Waals surface area contributed by atoms with E-state index in [1.165, 1.54) is 0 Å². The fourth-order valence-electron chi connectivity index (χ4n) is 4.14. The van der Waals surface area contributed by atoms with Crippen LogP contribution in [0.5, 0.6) is 5.75 Å². The second-order valence-electron chi connectivity index (χ2n) is 7.69. The van der Waals surface area contributed by atoms with Gasteiger partial charge in [0.2, 0.25) is 5.79 Å². The summed E-state index contributed by atoms with van der Waals surface area (Å²) in [5.74, 6) is -0.997. The van der Waals surface area contributed by atoms with Crippen molar-refractivity contribution in [3.05, 3.63) is 64.2 Å². The molecule has 5 atom stereocenters. The van der Waals surface area contributed by atoms with Gasteiger partial charge < -0.3 is 34.6 Å². The molecule has 0 saturated carbocycles. The molecule has 0 radical (unpaired) electrons. The molecule has 162 valence electrons. The lowest BCUT2D eigenvalue weighted by Crippen LogP contribution is -2.65. The molecule has 4 rings (SSSR count). The van der Waals surface area contributed by atoms with E-state index in [-0.39, 0.29) is 6.61 Å². The van der Waals surface area contributed by atoms with E-state index in [4.69, 9.17) is 25.8 Å². The third kappa shape index (κ3) is 3.40. The van der Waals surface area contributed by atoms with Crippen LogP contribution in [0.1, 0.15) is 23.6 Å². The highest BCUT2D eigenvalue weighted by molar-refractivity contribution is 6.31. The highest BCUT2D eigenvalue weighted by Gasteiger charge is 2.67. The standard InChI is InChI=1S/C22H25ClO7/c1-2-28-16-6-3-13(4-7-16)9-14-10-15(5-8-17(14)23)21-12-29-22(11-24,30-21)20(27)18(25)19(21)26/h3-8,10,18-20,24-27H,2,9,11-12H2,1H3/t18-,19-,20-,21-,22-/m1/s1. The minimum absolute atomic E-state index is 0.132. The van der Waals surface area contributed by atoms with Crippen LogP contribution < -0.4 is 4.74 Å². The summed E-state index contributed by atoms with van der Waals surface area (Å²) in [5, 5.41) is 41.6. The van der Waals surface area contributed by atoms with Crippen molar-refractivity contribution < 1.29 is 34.6 Å². The lowest BCUT2D eigenvalue weighted by Gasteiger charge is -2.46. The Morgan fingerprint density at radius 2 is 1.83 bits per heavy atom. The van der Waals surface area contributed by atoms with Crippen molar-refractivity contribution >= 4 is 11.6 Å². The maximum absolute atomic E-state index is 10.7. The van der Waals surface area contributed by atoms with E-state index in [0.29, 0.717) is 23.6 Å². The first-order chi connectivity index (χ1) is 14.3. The summed E-state index contributed by atoms with van der Waals surface area (Å²) < 4.78 is 16.9. The number of hydrogen-bond acceptors (Lipinski definition) is 7. The zero-order valence-electron chi connectivity index (χ0n) is 16.5. The van der Waals surface area contributed by atoms with Crippen LogP contribution in [0.3, 0.4) is 0 Å². The van der Waals surface area contributed by atoms with Gasteiger partial charge >= 0.3 is 0 Å². The molecule has 2 saturated heterocycles. The van der Waals surface area contributed by atoms with E-state index in [2.05, 4.69) is 0 Å². The zero-order valence-corrected chi connectivity index (χ0v) is 17.2. The Morgan fingerprint density at radius 1 is 1.10 bits per heavy atom. The molecule has 30 heavy (non-hydrogen) atoms. The van der Waals surface area contributed by atoms with Gasteiger partial charge in [-0.25, -0.2) is 0 Å². The number of aliphatic hydroxyl groups is 4. The Labute approximate surface area is 179 Å². The SMILES string of the molecule is CCOc1ccc(Cc2cc([C@@]34CO[C@](CO)(O3)[C@H](O)[C@H](O)[C@H]4O)ccc2Cl)cc1. The van der Waals surface area contributed by atoms with Gasteiger partial charge in [0.25, 0.3) is 0 Å². The van der Waals surface area contributed by atoms with Gasteiger partial charge in [0, 0.05) is 5.02 Å². The van der Waals surface area contributed by atoms with Crippen LogP contribution in [0.15, 0.2) is 42.5 Å². The van der Waals surface area contributed by atoms with Crippen molar-refractivity contribution in [2.24, 2.45) is 0 Å². The first kappa shape index (κ1) is 21.5. The molecule has 0 unspecified atom stereocenters. The molecule has 8 heteroatoms. The second-order valence-corrected chi connectivity index (χ2v) is 8.10. The molecule has 2 aliphatic rings. The molecular weight excluding hydrogens is 412 g/mol. The lowest BCUT2D eigenvalue weighted by molar-refractivity contribution is -0.330. The zero-order chi connectivity index (χ0) is 21.5. The average molecular weight is 437 g/mol. The summed E-state index contributed by atoms with van der Waals surface area (Å²) in [6.07, 6.45) is -4.04. The molecule has 4 N–H and O–H groups in total. The van der Waals surface area contributed by atoms with Crippen LogP contribution in [-0.2, 0) is 21.5 Å². The van der Waals surface area contributed by atoms with Crippen LogP contribution in [-0.4, -0.2) is 64.3 Å². The molecule has 0 aliphatic carbocycles. The maximum atomic E-state index is 10.7. The van der Waals surface area contributed by atoms with Crippen molar-refractivity contribution in [1.82, 2.24) is 0 Å². The monoisotopic (exact) mass is 436 g/mol. The van der Waals surface area contributed by atoms with Crippen molar-refractivity contribution in [3.63, 3.8) is 0 Å². The average Bonchev–Trinajstić information content (AvgIpc) is 3.14. The molecule has 2 heterocycles. The predicted molar refractivity (Wildman–Crippen MR) is 108 cm³/mol. The van der Waals surface area contributed by atoms with E-state index < -0.39 is 36.3 Å². The fourth-order valence-corrected chi connectivity index (χ4v) is 4.33. The third-order valence-electron chi connectivity index (χ3n) is 5.84. The van der Waals surface area contributed by atoms with Gasteiger partial charge in [-0.05, 0) is 48.2 Å². The van der Waals surface area contributed by atoms with Gasteiger partial charge in [-0.2, -0.15) is 0 Å². The van der Waals surface area contributed by atoms with Gasteiger partial charge in [0.1, 0.15) is 36.3 Å². The van der Waals surface area contributed by atoms with Crippen LogP contribution >= 0.6 is 11.6 Å². The van der Waals surface area contributed by atoms with Crippen molar-refractivity contribution in [3.8, 4) is 5.75 Å². The Balaban J connectivity index is 1.66. The van der Waals surface area contributed by atoms with E-state index >= 15 is 0 Å². The molecule has 7 nitrogen and oxygen atoms in total. The van der Waals surface area contributed by atoms with Gasteiger partial charge in [-0.15, -0.1) is 0 Å². The summed E-state index contributed by atoms with van der Waals surface area (Å²) in [5.41, 5.74) is 0.926. The first-order valence-corrected chi connectivity index (χ1v) is 10.2. The highest BCUT2D eigenvalue weighted by Crippen LogP contribution is 2.49. The summed E-state index contributed by atoms with van der Waals surface area (Å²) in [6.45, 7) is 1.73. The van der Waals surface area contributed by atoms with Gasteiger partial charge in [0.05, 0.1) is 13.2 Å². The number of fused-ring (bicyclic) bond motifs is 2. The highest BCUT2D eigenvalue weighted by atomic mass is 35.5. The minimum atomic E-state index is -1.78. The van der Waals surface area contributed by atoms with Crippen LogP contribution in [0, 0.1) is 0 Å². The van der Waals surface area contributed by atoms with E-state index in [1.807, 2.05) is 31.2 Å². The Kier molecular flexibility index (Phi) is 5.80. The summed E-state index contributed by atoms with van der Waals surface area (Å²) in [4.78, 5) is 0. The number of ether oxygens (including phenoxy) is 3. The molecule has 2 fully saturated rings. The van der Waals surface area contributed by atoms with Crippen LogP contribution in [0.25, 0.3) is 0 Å². The van der Waals surface area contributed by atoms with E-state index in [0.717, 1.165) is 16.9 Å². The number of benzene rings is 2. The normalized spacial score (nSPS) is 32.9. The molecule has 2 bridgehead atoms. The van der Waals surface area contributed by atoms with Crippen LogP contribution in [0.2, 0.25) is 5.02 Å². The maximum Gasteiger partial charge on any atom is 0.222 e. The van der Waals surface area contributed by atoms with Crippen molar-refractivity contribution in [1.29, 1.82) is 0 Å². The molecule has 2 aromatic rings. The summed E-state index contributed by atoms with van der Waals surface area (Å²) >= 11 is 6.42. The van der Waals surface area contributed by atoms with Gasteiger partial charge in [-0.3, -0.25) is 0 Å². The Morgan fingerprint density at radius 3 is 2.50 bits per heavy atom. The molecule has 2 aromatic carbocycles. The molecule has 0 spiro atoms. The van der Waals surface area contributed by atoms with Gasteiger partial charge in [0.15, 0.2) is 0 Å². The summed E-state index contributed by atoms with van der Waals surface area (Å²) in [7, 11) is 0. The van der Waals surface area contributed by atoms with Gasteiger partial charge in [-0.1, -0.05) is 35.9 Å². The number of halogens is 1. The van der Waals surface area contributed by atoms with E-state index in [9.17, 15) is 20.4 Å². The molecule has 2 aliphatic heterocycles. The topological polar surface area (TPSA) is 109 Å². The predicted octanol–water partition coefficient (Wildman–Crippen LogP) is 1.36. The fraction of sp³-hybridized carbons (Fsp3) is 0.455. The number of hydrogen-bond donors (Lipinski definition) is 4. The van der Waals surface area contributed by atoms with Crippen molar-refractivity contribution in [2.45, 2.75) is 43.0 Å². The molecular formula is C22H25ClO7. The Bertz CT molecular complexity index is 905. The number of aliphatic hydroxyl groups excluding tert-OH is 4. The molecule has 0 amide bonds. The third-order valence-corrected chi connectivity index (χ3v) is 6.21. The first-order valence-electron chi connectivity index (χ1n) is 9.85. The summed E-state index contributed by atoms with van der Waals surface area (Å²) in [6, 6.07) is 12.9. The smallest absolute Gasteiger partial charge is 0.222 e. The minimum Gasteiger partial charge on any atom is -0.494 e. The number of rotatable bonds is 6. The van der Waals surface area contributed by atoms with Crippen molar-refractivity contribution in [2.75, 3.05) is 19.8 Å². The molecule has 0 aromatic heterocycles.